The van der Waals surface area contributed by atoms with E-state index in [0.717, 1.165) is 11.3 Å². The summed E-state index contributed by atoms with van der Waals surface area (Å²) in [5.74, 6) is 0.856. The zero-order chi connectivity index (χ0) is 20.6. The van der Waals surface area contributed by atoms with Gasteiger partial charge in [0.25, 0.3) is 11.8 Å². The number of amides is 2. The second-order valence-electron chi connectivity index (χ2n) is 6.26. The number of carbonyl (C=O) groups is 2. The highest BCUT2D eigenvalue weighted by Crippen LogP contribution is 2.23. The first-order valence-electron chi connectivity index (χ1n) is 9.06. The van der Waals surface area contributed by atoms with Gasteiger partial charge in [-0.3, -0.25) is 9.59 Å². The highest BCUT2D eigenvalue weighted by atomic mass is 16.5. The van der Waals surface area contributed by atoms with E-state index in [1.165, 1.54) is 0 Å². The summed E-state index contributed by atoms with van der Waals surface area (Å²) in [5, 5.41) is 5.67. The normalized spacial score (nSPS) is 10.1. The molecule has 0 unspecified atom stereocenters. The molecule has 0 aliphatic carbocycles. The molecule has 148 valence electrons. The lowest BCUT2D eigenvalue weighted by molar-refractivity contribution is 0.0949. The van der Waals surface area contributed by atoms with Crippen molar-refractivity contribution in [3.8, 4) is 11.5 Å². The van der Waals surface area contributed by atoms with Crippen molar-refractivity contribution < 1.29 is 19.1 Å². The van der Waals surface area contributed by atoms with Crippen molar-refractivity contribution in [1.29, 1.82) is 0 Å². The molecular weight excluding hydrogens is 368 g/mol. The Labute approximate surface area is 169 Å². The molecule has 29 heavy (non-hydrogen) atoms. The minimum absolute atomic E-state index is 0.211. The van der Waals surface area contributed by atoms with E-state index in [-0.39, 0.29) is 11.8 Å². The summed E-state index contributed by atoms with van der Waals surface area (Å²) < 4.78 is 10.4. The van der Waals surface area contributed by atoms with Crippen LogP contribution in [0.4, 0.5) is 5.69 Å². The Kier molecular flexibility index (Phi) is 6.47. The summed E-state index contributed by atoms with van der Waals surface area (Å²) >= 11 is 0. The summed E-state index contributed by atoms with van der Waals surface area (Å²) in [6.45, 7) is 0.402. The lowest BCUT2D eigenvalue weighted by Crippen LogP contribution is -2.23. The van der Waals surface area contributed by atoms with Crippen molar-refractivity contribution in [3.63, 3.8) is 0 Å². The minimum atomic E-state index is -0.278. The highest BCUT2D eigenvalue weighted by Gasteiger charge is 2.11. The van der Waals surface area contributed by atoms with Crippen LogP contribution in [0.1, 0.15) is 26.3 Å². The zero-order valence-corrected chi connectivity index (χ0v) is 16.3. The van der Waals surface area contributed by atoms with Crippen molar-refractivity contribution in [2.45, 2.75) is 6.54 Å². The van der Waals surface area contributed by atoms with Gasteiger partial charge in [0, 0.05) is 17.7 Å². The number of rotatable bonds is 7. The standard InChI is InChI=1S/C23H22N2O4/c1-28-19-13-7-16(8-14-19)15-24-22(26)17-9-11-18(12-10-17)23(27)25-20-5-3-4-6-21(20)29-2/h3-14H,15H2,1-2H3,(H,24,26)(H,25,27). The monoisotopic (exact) mass is 390 g/mol. The fourth-order valence-electron chi connectivity index (χ4n) is 2.74. The van der Waals surface area contributed by atoms with Crippen molar-refractivity contribution >= 4 is 17.5 Å². The van der Waals surface area contributed by atoms with Crippen LogP contribution in [0.5, 0.6) is 11.5 Å². The Morgan fingerprint density at radius 2 is 1.38 bits per heavy atom. The van der Waals surface area contributed by atoms with Gasteiger partial charge in [0.2, 0.25) is 0 Å². The number of hydrogen-bond donors (Lipinski definition) is 2. The Balaban J connectivity index is 1.59. The molecule has 3 rings (SSSR count). The molecule has 3 aromatic carbocycles. The first-order valence-corrected chi connectivity index (χ1v) is 9.06. The summed E-state index contributed by atoms with van der Waals surface area (Å²) in [4.78, 5) is 24.8. The van der Waals surface area contributed by atoms with E-state index >= 15 is 0 Å². The third-order valence-corrected chi connectivity index (χ3v) is 4.38. The van der Waals surface area contributed by atoms with Gasteiger partial charge in [-0.15, -0.1) is 0 Å². The van der Waals surface area contributed by atoms with Gasteiger partial charge in [-0.05, 0) is 54.1 Å². The number of nitrogens with one attached hydrogen (secondary N) is 2. The zero-order valence-electron chi connectivity index (χ0n) is 16.3. The molecular formula is C23H22N2O4. The molecule has 0 aliphatic heterocycles. The number of benzene rings is 3. The molecule has 2 amide bonds. The predicted octanol–water partition coefficient (Wildman–Crippen LogP) is 3.89. The smallest absolute Gasteiger partial charge is 0.255 e. The Hall–Kier alpha value is -3.80. The molecule has 0 saturated carbocycles. The molecule has 0 radical (unpaired) electrons. The molecule has 2 N–H and O–H groups in total. The van der Waals surface area contributed by atoms with Gasteiger partial charge in [0.1, 0.15) is 11.5 Å². The van der Waals surface area contributed by atoms with Crippen molar-refractivity contribution in [1.82, 2.24) is 5.32 Å². The maximum absolute atomic E-state index is 12.4. The van der Waals surface area contributed by atoms with Gasteiger partial charge in [-0.1, -0.05) is 24.3 Å². The molecule has 0 aromatic heterocycles. The Morgan fingerprint density at radius 3 is 2.00 bits per heavy atom. The van der Waals surface area contributed by atoms with E-state index in [0.29, 0.717) is 29.1 Å². The lowest BCUT2D eigenvalue weighted by Gasteiger charge is -2.10. The molecule has 0 aliphatic rings. The van der Waals surface area contributed by atoms with Crippen molar-refractivity contribution in [2.24, 2.45) is 0 Å². The average Bonchev–Trinajstić information content (AvgIpc) is 2.78. The SMILES string of the molecule is COc1ccc(CNC(=O)c2ccc(C(=O)Nc3ccccc3OC)cc2)cc1. The van der Waals surface area contributed by atoms with E-state index in [2.05, 4.69) is 10.6 Å². The number of methoxy groups -OCH3 is 2. The number of ether oxygens (including phenoxy) is 2. The largest absolute Gasteiger partial charge is 0.497 e. The summed E-state index contributed by atoms with van der Waals surface area (Å²) in [7, 11) is 3.15. The summed E-state index contributed by atoms with van der Waals surface area (Å²) in [6, 6.07) is 21.1. The van der Waals surface area contributed by atoms with Gasteiger partial charge < -0.3 is 20.1 Å². The lowest BCUT2D eigenvalue weighted by atomic mass is 10.1. The number of para-hydroxylation sites is 2. The van der Waals surface area contributed by atoms with Gasteiger partial charge in [-0.2, -0.15) is 0 Å². The maximum Gasteiger partial charge on any atom is 0.255 e. The van der Waals surface area contributed by atoms with Gasteiger partial charge in [-0.25, -0.2) is 0 Å². The van der Waals surface area contributed by atoms with Crippen LogP contribution in [0.2, 0.25) is 0 Å². The van der Waals surface area contributed by atoms with E-state index in [1.807, 2.05) is 36.4 Å². The third-order valence-electron chi connectivity index (χ3n) is 4.38. The topological polar surface area (TPSA) is 76.7 Å². The van der Waals surface area contributed by atoms with Crippen molar-refractivity contribution in [2.75, 3.05) is 19.5 Å². The molecule has 6 nitrogen and oxygen atoms in total. The highest BCUT2D eigenvalue weighted by molar-refractivity contribution is 6.05. The maximum atomic E-state index is 12.4. The summed E-state index contributed by atoms with van der Waals surface area (Å²) in [5.41, 5.74) is 2.48. The van der Waals surface area contributed by atoms with Crippen LogP contribution < -0.4 is 20.1 Å². The van der Waals surface area contributed by atoms with E-state index in [4.69, 9.17) is 9.47 Å². The predicted molar refractivity (Wildman–Crippen MR) is 112 cm³/mol. The average molecular weight is 390 g/mol. The van der Waals surface area contributed by atoms with Crippen LogP contribution in [0, 0.1) is 0 Å². The quantitative estimate of drug-likeness (QED) is 0.642. The molecule has 6 heteroatoms. The Bertz CT molecular complexity index is 983. The van der Waals surface area contributed by atoms with Crippen LogP contribution in [0.15, 0.2) is 72.8 Å². The molecule has 0 atom stereocenters. The first kappa shape index (κ1) is 19.9. The molecule has 0 saturated heterocycles. The van der Waals surface area contributed by atoms with Gasteiger partial charge in [0.05, 0.1) is 19.9 Å². The Morgan fingerprint density at radius 1 is 0.759 bits per heavy atom. The van der Waals surface area contributed by atoms with E-state index in [1.54, 1.807) is 50.6 Å². The summed E-state index contributed by atoms with van der Waals surface area (Å²) in [6.07, 6.45) is 0. The molecule has 0 fully saturated rings. The molecule has 0 heterocycles. The van der Waals surface area contributed by atoms with Gasteiger partial charge >= 0.3 is 0 Å². The molecule has 0 bridgehead atoms. The fraction of sp³-hybridized carbons (Fsp3) is 0.130. The van der Waals surface area contributed by atoms with Crippen LogP contribution in [-0.2, 0) is 6.54 Å². The third kappa shape index (κ3) is 5.13. The number of carbonyl (C=O) groups excluding carboxylic acids is 2. The second-order valence-corrected chi connectivity index (χ2v) is 6.26. The van der Waals surface area contributed by atoms with E-state index in [9.17, 15) is 9.59 Å². The second kappa shape index (κ2) is 9.41. The van der Waals surface area contributed by atoms with Crippen LogP contribution in [0.25, 0.3) is 0 Å². The van der Waals surface area contributed by atoms with E-state index < -0.39 is 0 Å². The van der Waals surface area contributed by atoms with Crippen LogP contribution in [-0.4, -0.2) is 26.0 Å². The molecule has 0 spiro atoms. The van der Waals surface area contributed by atoms with Crippen LogP contribution >= 0.6 is 0 Å². The molecule has 3 aromatic rings. The fourth-order valence-corrected chi connectivity index (χ4v) is 2.74. The van der Waals surface area contributed by atoms with Crippen LogP contribution in [0.3, 0.4) is 0 Å². The first-order chi connectivity index (χ1) is 14.1. The number of anilines is 1. The minimum Gasteiger partial charge on any atom is -0.497 e. The van der Waals surface area contributed by atoms with Crippen molar-refractivity contribution in [3.05, 3.63) is 89.5 Å². The number of hydrogen-bond acceptors (Lipinski definition) is 4. The van der Waals surface area contributed by atoms with Gasteiger partial charge in [0.15, 0.2) is 0 Å².